The molecule has 218 valence electrons. The maximum atomic E-state index is 13.3. The summed E-state index contributed by atoms with van der Waals surface area (Å²) >= 11 is 5.63. The van der Waals surface area contributed by atoms with E-state index in [2.05, 4.69) is 0 Å². The summed E-state index contributed by atoms with van der Waals surface area (Å²) < 4.78 is 11.5. The van der Waals surface area contributed by atoms with Gasteiger partial charge in [0.1, 0.15) is 40.6 Å². The number of esters is 2. The molecule has 0 spiro atoms. The molecule has 9 nitrogen and oxygen atoms in total. The zero-order valence-electron chi connectivity index (χ0n) is 23.0. The van der Waals surface area contributed by atoms with Crippen LogP contribution in [0.5, 0.6) is 5.75 Å². The molecule has 4 N–H and O–H groups in total. The third kappa shape index (κ3) is 3.81. The fourth-order valence-electron chi connectivity index (χ4n) is 8.47. The van der Waals surface area contributed by atoms with Crippen LogP contribution in [0.2, 0.25) is 0 Å². The molecule has 8 atom stereocenters. The van der Waals surface area contributed by atoms with Gasteiger partial charge >= 0.3 is 11.9 Å². The van der Waals surface area contributed by atoms with Crippen molar-refractivity contribution in [1.82, 2.24) is 0 Å². The summed E-state index contributed by atoms with van der Waals surface area (Å²) in [5.41, 5.74) is -6.92. The number of benzene rings is 1. The Kier molecular flexibility index (Phi) is 6.93. The van der Waals surface area contributed by atoms with Gasteiger partial charge in [0.05, 0.1) is 11.0 Å². The number of rotatable bonds is 5. The van der Waals surface area contributed by atoms with E-state index in [9.17, 15) is 34.8 Å². The highest BCUT2D eigenvalue weighted by Crippen LogP contribution is 2.71. The van der Waals surface area contributed by atoms with E-state index in [4.69, 9.17) is 21.1 Å². The minimum absolute atomic E-state index is 0.0239. The lowest BCUT2D eigenvalue weighted by molar-refractivity contribution is -0.312. The Morgan fingerprint density at radius 1 is 1.02 bits per heavy atom. The van der Waals surface area contributed by atoms with Gasteiger partial charge in [-0.25, -0.2) is 4.79 Å². The molecule has 0 aliphatic heterocycles. The second-order valence-electron chi connectivity index (χ2n) is 12.5. The lowest BCUT2D eigenvalue weighted by Crippen LogP contribution is -2.78. The van der Waals surface area contributed by atoms with E-state index < -0.39 is 57.4 Å². The van der Waals surface area contributed by atoms with Crippen LogP contribution in [0.3, 0.4) is 0 Å². The van der Waals surface area contributed by atoms with Crippen molar-refractivity contribution < 1.29 is 44.3 Å². The number of aromatic hydroxyl groups is 1. The number of carbonyl (C=O) groups excluding carboxylic acids is 3. The van der Waals surface area contributed by atoms with Crippen molar-refractivity contribution in [2.45, 2.75) is 94.7 Å². The van der Waals surface area contributed by atoms with Gasteiger partial charge in [-0.05, 0) is 82.1 Å². The standard InChI is InChI=1S/C30H37ClO9/c1-17(32)28(36)12-13-30(38)27(28,3)23(40-25(35)18-4-6-20(33)7-5-18)15-22-26(2)10-9-21(39-24(34)16-31)14-19(26)8-11-29(22,30)37/h4-8,21-23,33,36-38H,9-16H2,1-3H3/t21-,22+,23+,26-,27+,28+,29-,30+/m0/s1. The highest BCUT2D eigenvalue weighted by Gasteiger charge is 2.81. The first-order valence-corrected chi connectivity index (χ1v) is 14.3. The summed E-state index contributed by atoms with van der Waals surface area (Å²) in [6.07, 6.45) is 1.93. The number of halogens is 1. The van der Waals surface area contributed by atoms with Crippen LogP contribution in [-0.4, -0.2) is 73.0 Å². The molecule has 5 rings (SSSR count). The van der Waals surface area contributed by atoms with E-state index >= 15 is 0 Å². The van der Waals surface area contributed by atoms with Gasteiger partial charge in [0.2, 0.25) is 0 Å². The number of ether oxygens (including phenoxy) is 2. The number of alkyl halides is 1. The normalized spacial score (nSPS) is 42.1. The predicted octanol–water partition coefficient (Wildman–Crippen LogP) is 3.19. The highest BCUT2D eigenvalue weighted by atomic mass is 35.5. The van der Waals surface area contributed by atoms with Gasteiger partial charge in [-0.1, -0.05) is 18.6 Å². The Labute approximate surface area is 238 Å². The maximum Gasteiger partial charge on any atom is 0.338 e. The number of aliphatic hydroxyl groups is 3. The number of fused-ring (bicyclic) bond motifs is 5. The first kappa shape index (κ1) is 29.0. The number of phenols is 1. The van der Waals surface area contributed by atoms with Crippen molar-refractivity contribution in [3.05, 3.63) is 41.5 Å². The van der Waals surface area contributed by atoms with Crippen molar-refractivity contribution >= 4 is 29.3 Å². The maximum absolute atomic E-state index is 13.3. The van der Waals surface area contributed by atoms with Crippen LogP contribution >= 0.6 is 11.6 Å². The number of hydrogen-bond acceptors (Lipinski definition) is 9. The van der Waals surface area contributed by atoms with Crippen LogP contribution in [0, 0.1) is 16.7 Å². The fraction of sp³-hybridized carbons (Fsp3) is 0.633. The van der Waals surface area contributed by atoms with Gasteiger partial charge in [0.25, 0.3) is 0 Å². The smallest absolute Gasteiger partial charge is 0.338 e. The predicted molar refractivity (Wildman–Crippen MR) is 144 cm³/mol. The van der Waals surface area contributed by atoms with Crippen molar-refractivity contribution in [3.8, 4) is 5.75 Å². The molecule has 3 fully saturated rings. The van der Waals surface area contributed by atoms with Crippen LogP contribution in [0.1, 0.15) is 76.1 Å². The summed E-state index contributed by atoms with van der Waals surface area (Å²) in [7, 11) is 0. The molecule has 40 heavy (non-hydrogen) atoms. The van der Waals surface area contributed by atoms with Gasteiger partial charge in [0.15, 0.2) is 5.78 Å². The van der Waals surface area contributed by atoms with Crippen molar-refractivity contribution in [3.63, 3.8) is 0 Å². The molecule has 0 heterocycles. The van der Waals surface area contributed by atoms with Crippen molar-refractivity contribution in [2.75, 3.05) is 5.88 Å². The molecular formula is C30H37ClO9. The lowest BCUT2D eigenvalue weighted by Gasteiger charge is -2.67. The Hall–Kier alpha value is -2.46. The zero-order valence-corrected chi connectivity index (χ0v) is 23.7. The summed E-state index contributed by atoms with van der Waals surface area (Å²) in [6.45, 7) is 4.79. The summed E-state index contributed by atoms with van der Waals surface area (Å²) in [5, 5.41) is 46.4. The molecular weight excluding hydrogens is 540 g/mol. The molecule has 4 aliphatic rings. The van der Waals surface area contributed by atoms with E-state index in [0.29, 0.717) is 19.3 Å². The van der Waals surface area contributed by atoms with Crippen LogP contribution in [0.4, 0.5) is 0 Å². The quantitative estimate of drug-likeness (QED) is 0.235. The molecule has 1 aromatic rings. The largest absolute Gasteiger partial charge is 0.508 e. The van der Waals surface area contributed by atoms with E-state index in [1.807, 2.05) is 13.0 Å². The first-order chi connectivity index (χ1) is 18.7. The number of Topliss-reactive ketones (excluding diaryl/α,β-unsaturated/α-hetero) is 1. The van der Waals surface area contributed by atoms with E-state index in [1.54, 1.807) is 0 Å². The van der Waals surface area contributed by atoms with Gasteiger partial charge in [-0.15, -0.1) is 11.6 Å². The Balaban J connectivity index is 1.57. The fourth-order valence-corrected chi connectivity index (χ4v) is 8.53. The van der Waals surface area contributed by atoms with Crippen LogP contribution < -0.4 is 0 Å². The second kappa shape index (κ2) is 9.54. The zero-order chi connectivity index (χ0) is 29.3. The average Bonchev–Trinajstić information content (AvgIpc) is 3.14. The molecule has 10 heteroatoms. The Morgan fingerprint density at radius 2 is 1.70 bits per heavy atom. The Bertz CT molecular complexity index is 1260. The molecule has 0 radical (unpaired) electrons. The summed E-state index contributed by atoms with van der Waals surface area (Å²) in [4.78, 5) is 38.1. The third-order valence-corrected chi connectivity index (χ3v) is 11.1. The van der Waals surface area contributed by atoms with Crippen LogP contribution in [0.15, 0.2) is 35.9 Å². The monoisotopic (exact) mass is 576 g/mol. The minimum Gasteiger partial charge on any atom is -0.508 e. The first-order valence-electron chi connectivity index (χ1n) is 13.8. The van der Waals surface area contributed by atoms with Crippen molar-refractivity contribution in [2.24, 2.45) is 16.7 Å². The van der Waals surface area contributed by atoms with Gasteiger partial charge in [-0.2, -0.15) is 0 Å². The molecule has 0 aromatic heterocycles. The summed E-state index contributed by atoms with van der Waals surface area (Å²) in [6, 6.07) is 5.52. The van der Waals surface area contributed by atoms with E-state index in [1.165, 1.54) is 38.1 Å². The second-order valence-corrected chi connectivity index (χ2v) is 12.7. The molecule has 0 bridgehead atoms. The van der Waals surface area contributed by atoms with Gasteiger partial charge < -0.3 is 29.9 Å². The minimum atomic E-state index is -2.04. The van der Waals surface area contributed by atoms with Crippen LogP contribution in [0.25, 0.3) is 0 Å². The number of hydrogen-bond donors (Lipinski definition) is 4. The number of phenolic OH excluding ortho intramolecular Hbond substituents is 1. The number of ketones is 1. The molecule has 1 aromatic carbocycles. The molecule has 0 unspecified atom stereocenters. The van der Waals surface area contributed by atoms with Crippen LogP contribution in [-0.2, 0) is 19.1 Å². The number of carbonyl (C=O) groups is 3. The molecule has 0 saturated heterocycles. The Morgan fingerprint density at radius 3 is 2.33 bits per heavy atom. The molecule has 3 saturated carbocycles. The van der Waals surface area contributed by atoms with E-state index in [0.717, 1.165) is 5.57 Å². The topological polar surface area (TPSA) is 151 Å². The van der Waals surface area contributed by atoms with Gasteiger partial charge in [-0.3, -0.25) is 9.59 Å². The molecule has 0 amide bonds. The lowest BCUT2D eigenvalue weighted by atomic mass is 9.42. The van der Waals surface area contributed by atoms with Crippen molar-refractivity contribution in [1.29, 1.82) is 0 Å². The SMILES string of the molecule is CC(=O)[C@]1(O)CC[C@@]2(O)[C@]1(C)[C@H](OC(=O)c1ccc(O)cc1)C[C@@H]1[C@@]3(C)CC[C@H](OC(=O)CCl)CC3=CC[C@]12O. The van der Waals surface area contributed by atoms with Gasteiger partial charge in [0, 0.05) is 12.3 Å². The average molecular weight is 577 g/mol. The summed E-state index contributed by atoms with van der Waals surface area (Å²) in [5.74, 6) is -2.65. The van der Waals surface area contributed by atoms with E-state index in [-0.39, 0.29) is 49.0 Å². The third-order valence-electron chi connectivity index (χ3n) is 10.9. The molecule has 4 aliphatic carbocycles. The highest BCUT2D eigenvalue weighted by molar-refractivity contribution is 6.26.